The summed E-state index contributed by atoms with van der Waals surface area (Å²) in [6.45, 7) is 4.25. The second-order valence-electron chi connectivity index (χ2n) is 4.38. The summed E-state index contributed by atoms with van der Waals surface area (Å²) in [5, 5.41) is 9.82. The van der Waals surface area contributed by atoms with Crippen LogP contribution >= 0.6 is 31.9 Å². The summed E-state index contributed by atoms with van der Waals surface area (Å²) < 4.78 is 6.48. The lowest BCUT2D eigenvalue weighted by Gasteiger charge is -2.19. The summed E-state index contributed by atoms with van der Waals surface area (Å²) in [6.07, 6.45) is 0.874. The third-order valence-corrected chi connectivity index (χ3v) is 4.68. The van der Waals surface area contributed by atoms with Crippen molar-refractivity contribution in [2.45, 2.75) is 26.3 Å². The van der Waals surface area contributed by atoms with Crippen LogP contribution in [0.5, 0.6) is 11.5 Å². The van der Waals surface area contributed by atoms with Gasteiger partial charge in [-0.25, -0.2) is 0 Å². The SMILES string of the molecule is COc1cc([C@H](N)CC(C)C)c(Br)c(Br)c1O. The van der Waals surface area contributed by atoms with E-state index in [1.165, 1.54) is 7.11 Å². The third kappa shape index (κ3) is 3.36. The van der Waals surface area contributed by atoms with Gasteiger partial charge in [-0.1, -0.05) is 13.8 Å². The van der Waals surface area contributed by atoms with E-state index in [0.29, 0.717) is 16.1 Å². The molecule has 0 saturated heterocycles. The van der Waals surface area contributed by atoms with E-state index in [1.807, 2.05) is 0 Å². The molecule has 0 radical (unpaired) electrons. The first-order chi connectivity index (χ1) is 7.88. The maximum absolute atomic E-state index is 9.82. The highest BCUT2D eigenvalue weighted by Crippen LogP contribution is 2.43. The van der Waals surface area contributed by atoms with Crippen molar-refractivity contribution >= 4 is 31.9 Å². The van der Waals surface area contributed by atoms with Crippen LogP contribution in [-0.2, 0) is 0 Å². The monoisotopic (exact) mass is 365 g/mol. The largest absolute Gasteiger partial charge is 0.503 e. The number of rotatable bonds is 4. The van der Waals surface area contributed by atoms with Gasteiger partial charge in [0.05, 0.1) is 11.6 Å². The van der Waals surface area contributed by atoms with E-state index < -0.39 is 0 Å². The quantitative estimate of drug-likeness (QED) is 0.847. The summed E-state index contributed by atoms with van der Waals surface area (Å²) in [5.41, 5.74) is 7.08. The smallest absolute Gasteiger partial charge is 0.173 e. The Labute approximate surface area is 119 Å². The van der Waals surface area contributed by atoms with Crippen molar-refractivity contribution in [2.24, 2.45) is 11.7 Å². The number of phenolic OH excluding ortho intramolecular Hbond substituents is 1. The van der Waals surface area contributed by atoms with Gasteiger partial charge < -0.3 is 15.6 Å². The molecule has 0 amide bonds. The molecule has 0 aliphatic heterocycles. The van der Waals surface area contributed by atoms with Gasteiger partial charge in [0.15, 0.2) is 11.5 Å². The van der Waals surface area contributed by atoms with E-state index >= 15 is 0 Å². The summed E-state index contributed by atoms with van der Waals surface area (Å²) in [4.78, 5) is 0. The first-order valence-electron chi connectivity index (χ1n) is 5.38. The molecule has 3 nitrogen and oxygen atoms in total. The second-order valence-corrected chi connectivity index (χ2v) is 5.97. The minimum atomic E-state index is -0.0878. The summed E-state index contributed by atoms with van der Waals surface area (Å²) in [6, 6.07) is 1.69. The fourth-order valence-corrected chi connectivity index (χ4v) is 2.69. The Hall–Kier alpha value is -0.260. The van der Waals surface area contributed by atoms with Crippen molar-refractivity contribution in [3.63, 3.8) is 0 Å². The Balaban J connectivity index is 3.20. The molecule has 3 N–H and O–H groups in total. The van der Waals surface area contributed by atoms with E-state index in [4.69, 9.17) is 10.5 Å². The van der Waals surface area contributed by atoms with Crippen LogP contribution in [0, 0.1) is 5.92 Å². The van der Waals surface area contributed by atoms with Gasteiger partial charge >= 0.3 is 0 Å². The molecule has 96 valence electrons. The number of methoxy groups -OCH3 is 1. The van der Waals surface area contributed by atoms with Gasteiger partial charge in [-0.2, -0.15) is 0 Å². The molecule has 0 aromatic heterocycles. The molecule has 0 aliphatic rings. The Morgan fingerprint density at radius 1 is 1.35 bits per heavy atom. The summed E-state index contributed by atoms with van der Waals surface area (Å²) in [5.74, 6) is 1.02. The topological polar surface area (TPSA) is 55.5 Å². The van der Waals surface area contributed by atoms with Crippen LogP contribution < -0.4 is 10.5 Å². The Morgan fingerprint density at radius 2 is 1.94 bits per heavy atom. The number of phenols is 1. The number of nitrogens with two attached hydrogens (primary N) is 1. The van der Waals surface area contributed by atoms with Crippen LogP contribution in [0.25, 0.3) is 0 Å². The summed E-state index contributed by atoms with van der Waals surface area (Å²) in [7, 11) is 1.52. The molecule has 0 fully saturated rings. The zero-order valence-corrected chi connectivity index (χ0v) is 13.3. The molecule has 1 aromatic rings. The minimum Gasteiger partial charge on any atom is -0.503 e. The number of ether oxygens (including phenoxy) is 1. The van der Waals surface area contributed by atoms with Gasteiger partial charge in [0.2, 0.25) is 0 Å². The van der Waals surface area contributed by atoms with Gasteiger partial charge in [-0.15, -0.1) is 0 Å². The van der Waals surface area contributed by atoms with Gasteiger partial charge in [-0.05, 0) is 55.8 Å². The van der Waals surface area contributed by atoms with Gasteiger partial charge in [0.1, 0.15) is 0 Å². The lowest BCUT2D eigenvalue weighted by Crippen LogP contribution is -2.14. The van der Waals surface area contributed by atoms with Gasteiger partial charge in [0, 0.05) is 10.5 Å². The van der Waals surface area contributed by atoms with Crippen LogP contribution in [0.4, 0.5) is 0 Å². The van der Waals surface area contributed by atoms with E-state index in [9.17, 15) is 5.11 Å². The van der Waals surface area contributed by atoms with Crippen molar-refractivity contribution in [3.8, 4) is 11.5 Å². The number of benzene rings is 1. The molecule has 0 aliphatic carbocycles. The molecule has 1 atom stereocenters. The second kappa shape index (κ2) is 6.07. The van der Waals surface area contributed by atoms with Crippen LogP contribution in [0.1, 0.15) is 31.9 Å². The number of hydrogen-bond acceptors (Lipinski definition) is 3. The zero-order valence-electron chi connectivity index (χ0n) is 10.1. The van der Waals surface area contributed by atoms with Crippen LogP contribution in [0.3, 0.4) is 0 Å². The predicted octanol–water partition coefficient (Wildman–Crippen LogP) is 3.97. The van der Waals surface area contributed by atoms with E-state index in [2.05, 4.69) is 45.7 Å². The first kappa shape index (κ1) is 14.8. The van der Waals surface area contributed by atoms with Crippen molar-refractivity contribution in [2.75, 3.05) is 7.11 Å². The lowest BCUT2D eigenvalue weighted by atomic mass is 9.97. The molecule has 5 heteroatoms. The molecular formula is C12H17Br2NO2. The van der Waals surface area contributed by atoms with Crippen molar-refractivity contribution in [1.29, 1.82) is 0 Å². The van der Waals surface area contributed by atoms with Crippen molar-refractivity contribution < 1.29 is 9.84 Å². The average molecular weight is 367 g/mol. The van der Waals surface area contributed by atoms with Gasteiger partial charge in [-0.3, -0.25) is 0 Å². The van der Waals surface area contributed by atoms with Crippen LogP contribution in [0.2, 0.25) is 0 Å². The van der Waals surface area contributed by atoms with E-state index in [1.54, 1.807) is 6.07 Å². The van der Waals surface area contributed by atoms with E-state index in [-0.39, 0.29) is 11.8 Å². The number of hydrogen-bond donors (Lipinski definition) is 2. The number of halogens is 2. The molecule has 0 heterocycles. The normalized spacial score (nSPS) is 12.9. The maximum Gasteiger partial charge on any atom is 0.173 e. The molecular weight excluding hydrogens is 350 g/mol. The molecule has 1 aromatic carbocycles. The first-order valence-corrected chi connectivity index (χ1v) is 6.97. The van der Waals surface area contributed by atoms with E-state index in [0.717, 1.165) is 16.5 Å². The molecule has 0 bridgehead atoms. The van der Waals surface area contributed by atoms with Crippen molar-refractivity contribution in [1.82, 2.24) is 0 Å². The van der Waals surface area contributed by atoms with Crippen LogP contribution in [0.15, 0.2) is 15.0 Å². The average Bonchev–Trinajstić information content (AvgIpc) is 2.25. The third-order valence-electron chi connectivity index (χ3n) is 2.52. The Bertz CT molecular complexity index is 408. The van der Waals surface area contributed by atoms with Gasteiger partial charge in [0.25, 0.3) is 0 Å². The Morgan fingerprint density at radius 3 is 2.41 bits per heavy atom. The number of aromatic hydroxyl groups is 1. The standard InChI is InChI=1S/C12H17Br2NO2/c1-6(2)4-8(15)7-5-9(17-3)12(16)11(14)10(7)13/h5-6,8,16H,4,15H2,1-3H3/t8-/m1/s1. The fraction of sp³-hybridized carbons (Fsp3) is 0.500. The highest BCUT2D eigenvalue weighted by atomic mass is 79.9. The molecule has 0 spiro atoms. The highest BCUT2D eigenvalue weighted by molar-refractivity contribution is 9.13. The molecule has 17 heavy (non-hydrogen) atoms. The molecule has 0 unspecified atom stereocenters. The zero-order chi connectivity index (χ0) is 13.2. The fourth-order valence-electron chi connectivity index (χ4n) is 1.67. The highest BCUT2D eigenvalue weighted by Gasteiger charge is 2.19. The predicted molar refractivity (Wildman–Crippen MR) is 76.4 cm³/mol. The minimum absolute atomic E-state index is 0.0832. The lowest BCUT2D eigenvalue weighted by molar-refractivity contribution is 0.370. The summed E-state index contributed by atoms with van der Waals surface area (Å²) >= 11 is 6.77. The molecule has 1 rings (SSSR count). The maximum atomic E-state index is 9.82. The Kier molecular flexibility index (Phi) is 5.28. The molecule has 0 saturated carbocycles. The van der Waals surface area contributed by atoms with Crippen molar-refractivity contribution in [3.05, 3.63) is 20.6 Å². The van der Waals surface area contributed by atoms with Crippen LogP contribution in [-0.4, -0.2) is 12.2 Å².